The van der Waals surface area contributed by atoms with Gasteiger partial charge in [-0.3, -0.25) is 14.5 Å². The molecular formula is C28H23ClN2O4S. The third-order valence-corrected chi connectivity index (χ3v) is 7.67. The number of hydrogen-bond donors (Lipinski definition) is 1. The van der Waals surface area contributed by atoms with Crippen molar-refractivity contribution in [1.29, 1.82) is 0 Å². The normalized spacial score (nSPS) is 17.2. The van der Waals surface area contributed by atoms with Crippen molar-refractivity contribution in [3.05, 3.63) is 93.0 Å². The molecule has 1 unspecified atom stereocenters. The molecule has 1 aromatic heterocycles. The highest BCUT2D eigenvalue weighted by atomic mass is 35.5. The van der Waals surface area contributed by atoms with Crippen LogP contribution in [0.4, 0.5) is 5.13 Å². The van der Waals surface area contributed by atoms with Crippen LogP contribution in [-0.4, -0.2) is 28.9 Å². The fourth-order valence-electron chi connectivity index (χ4n) is 4.47. The van der Waals surface area contributed by atoms with E-state index in [1.165, 1.54) is 29.4 Å². The lowest BCUT2D eigenvalue weighted by Gasteiger charge is -2.23. The van der Waals surface area contributed by atoms with Crippen LogP contribution in [0.1, 0.15) is 33.9 Å². The van der Waals surface area contributed by atoms with Crippen LogP contribution in [0.3, 0.4) is 0 Å². The van der Waals surface area contributed by atoms with E-state index in [0.29, 0.717) is 21.5 Å². The number of aliphatic hydroxyl groups is 1. The predicted octanol–water partition coefficient (Wildman–Crippen LogP) is 6.51. The Morgan fingerprint density at radius 1 is 1.06 bits per heavy atom. The van der Waals surface area contributed by atoms with Crippen molar-refractivity contribution in [3.63, 3.8) is 0 Å². The van der Waals surface area contributed by atoms with Crippen molar-refractivity contribution < 1.29 is 19.4 Å². The molecule has 0 bridgehead atoms. The molecule has 3 aromatic carbocycles. The van der Waals surface area contributed by atoms with Crippen LogP contribution >= 0.6 is 22.9 Å². The number of aryl methyl sites for hydroxylation is 3. The summed E-state index contributed by atoms with van der Waals surface area (Å²) in [5.41, 5.74) is 4.78. The summed E-state index contributed by atoms with van der Waals surface area (Å²) in [7, 11) is 1.46. The van der Waals surface area contributed by atoms with Gasteiger partial charge in [0.05, 0.1) is 34.5 Å². The van der Waals surface area contributed by atoms with Crippen LogP contribution in [0, 0.1) is 20.8 Å². The molecule has 0 saturated carbocycles. The molecule has 5 rings (SSSR count). The lowest BCUT2D eigenvalue weighted by atomic mass is 9.94. The summed E-state index contributed by atoms with van der Waals surface area (Å²) in [4.78, 5) is 33.1. The smallest absolute Gasteiger partial charge is 0.301 e. The Kier molecular flexibility index (Phi) is 6.06. The molecule has 1 atom stereocenters. The molecule has 8 heteroatoms. The van der Waals surface area contributed by atoms with Crippen LogP contribution in [-0.2, 0) is 9.59 Å². The first-order chi connectivity index (χ1) is 17.2. The minimum Gasteiger partial charge on any atom is -0.507 e. The maximum atomic E-state index is 13.5. The fraction of sp³-hybridized carbons (Fsp3) is 0.179. The molecule has 0 radical (unpaired) electrons. The third-order valence-electron chi connectivity index (χ3n) is 6.42. The predicted molar refractivity (Wildman–Crippen MR) is 143 cm³/mol. The number of aromatic nitrogens is 1. The van der Waals surface area contributed by atoms with Gasteiger partial charge in [0.25, 0.3) is 5.78 Å². The van der Waals surface area contributed by atoms with Gasteiger partial charge in [0, 0.05) is 5.02 Å². The molecule has 2 heterocycles. The van der Waals surface area contributed by atoms with Gasteiger partial charge < -0.3 is 9.84 Å². The molecule has 1 aliphatic heterocycles. The molecule has 6 nitrogen and oxygen atoms in total. The molecule has 1 saturated heterocycles. The number of hydrogen-bond acceptors (Lipinski definition) is 6. The fourth-order valence-corrected chi connectivity index (χ4v) is 5.71. The first kappa shape index (κ1) is 24.0. The van der Waals surface area contributed by atoms with Crippen LogP contribution in [0.25, 0.3) is 16.0 Å². The van der Waals surface area contributed by atoms with Crippen molar-refractivity contribution in [2.24, 2.45) is 0 Å². The van der Waals surface area contributed by atoms with Gasteiger partial charge in [0.2, 0.25) is 0 Å². The molecule has 1 amide bonds. The second kappa shape index (κ2) is 9.08. The Hall–Kier alpha value is -3.68. The average Bonchev–Trinajstić information content (AvgIpc) is 3.36. The molecule has 182 valence electrons. The number of thiazole rings is 1. The third kappa shape index (κ3) is 3.94. The number of amides is 1. The summed E-state index contributed by atoms with van der Waals surface area (Å²) in [6.45, 7) is 5.95. The Morgan fingerprint density at radius 3 is 2.53 bits per heavy atom. The Labute approximate surface area is 217 Å². The topological polar surface area (TPSA) is 79.7 Å². The second-order valence-corrected chi connectivity index (χ2v) is 10.3. The standard InChI is InChI=1S/C28H23ClN2O4S/c1-14-6-5-7-17(10-14)24-23(25(32)19-13-18(29)8-9-21(19)35-4)26(33)27(34)31(24)28-30-20-11-15(2)16(3)12-22(20)36-28/h5-13,24,32H,1-4H3/b25-23+. The van der Waals surface area contributed by atoms with E-state index in [4.69, 9.17) is 21.3 Å². The molecule has 0 spiro atoms. The van der Waals surface area contributed by atoms with Gasteiger partial charge >= 0.3 is 5.91 Å². The number of Topliss-reactive ketones (excluding diaryl/α,β-unsaturated/α-hetero) is 1. The van der Waals surface area contributed by atoms with E-state index in [1.807, 2.05) is 57.2 Å². The number of carbonyl (C=O) groups is 2. The van der Waals surface area contributed by atoms with Gasteiger partial charge in [-0.1, -0.05) is 52.8 Å². The van der Waals surface area contributed by atoms with E-state index in [-0.39, 0.29) is 16.9 Å². The van der Waals surface area contributed by atoms with Gasteiger partial charge in [-0.25, -0.2) is 4.98 Å². The van der Waals surface area contributed by atoms with Crippen molar-refractivity contribution in [3.8, 4) is 5.75 Å². The number of benzene rings is 3. The van der Waals surface area contributed by atoms with E-state index in [1.54, 1.807) is 12.1 Å². The minimum atomic E-state index is -0.878. The number of ether oxygens (including phenoxy) is 1. The second-order valence-electron chi connectivity index (χ2n) is 8.83. The van der Waals surface area contributed by atoms with Gasteiger partial charge in [0.15, 0.2) is 5.13 Å². The summed E-state index contributed by atoms with van der Waals surface area (Å²) < 4.78 is 6.32. The van der Waals surface area contributed by atoms with E-state index >= 15 is 0 Å². The van der Waals surface area contributed by atoms with Crippen LogP contribution < -0.4 is 9.64 Å². The number of nitrogens with zero attached hydrogens (tertiary/aromatic N) is 2. The highest BCUT2D eigenvalue weighted by Crippen LogP contribution is 2.45. The highest BCUT2D eigenvalue weighted by Gasteiger charge is 2.48. The quantitative estimate of drug-likeness (QED) is 0.189. The van der Waals surface area contributed by atoms with E-state index in [9.17, 15) is 14.7 Å². The number of aliphatic hydroxyl groups excluding tert-OH is 1. The van der Waals surface area contributed by atoms with Crippen LogP contribution in [0.2, 0.25) is 5.02 Å². The molecule has 1 N–H and O–H groups in total. The molecular weight excluding hydrogens is 496 g/mol. The zero-order valence-electron chi connectivity index (χ0n) is 20.1. The Bertz CT molecular complexity index is 1550. The molecule has 36 heavy (non-hydrogen) atoms. The number of carbonyl (C=O) groups excluding carboxylic acids is 2. The number of halogens is 1. The number of methoxy groups -OCH3 is 1. The maximum absolute atomic E-state index is 13.5. The summed E-state index contributed by atoms with van der Waals surface area (Å²) in [5, 5.41) is 12.2. The number of ketones is 1. The number of anilines is 1. The summed E-state index contributed by atoms with van der Waals surface area (Å²) in [6.07, 6.45) is 0. The lowest BCUT2D eigenvalue weighted by molar-refractivity contribution is -0.132. The van der Waals surface area contributed by atoms with Crippen molar-refractivity contribution in [1.82, 2.24) is 4.98 Å². The molecule has 4 aromatic rings. The zero-order valence-corrected chi connectivity index (χ0v) is 21.7. The van der Waals surface area contributed by atoms with Crippen LogP contribution in [0.5, 0.6) is 5.75 Å². The Balaban J connectivity index is 1.77. The van der Waals surface area contributed by atoms with E-state index < -0.39 is 17.7 Å². The van der Waals surface area contributed by atoms with Crippen molar-refractivity contribution in [2.75, 3.05) is 12.0 Å². The average molecular weight is 519 g/mol. The number of fused-ring (bicyclic) bond motifs is 1. The highest BCUT2D eigenvalue weighted by molar-refractivity contribution is 7.22. The van der Waals surface area contributed by atoms with E-state index in [2.05, 4.69) is 0 Å². The van der Waals surface area contributed by atoms with E-state index in [0.717, 1.165) is 26.9 Å². The van der Waals surface area contributed by atoms with Gasteiger partial charge in [-0.2, -0.15) is 0 Å². The monoisotopic (exact) mass is 518 g/mol. The summed E-state index contributed by atoms with van der Waals surface area (Å²) in [6, 6.07) is 15.4. The van der Waals surface area contributed by atoms with Crippen molar-refractivity contribution >= 4 is 55.7 Å². The van der Waals surface area contributed by atoms with Gasteiger partial charge in [-0.15, -0.1) is 0 Å². The summed E-state index contributed by atoms with van der Waals surface area (Å²) >= 11 is 7.54. The largest absolute Gasteiger partial charge is 0.507 e. The molecule has 0 aliphatic carbocycles. The maximum Gasteiger partial charge on any atom is 0.301 e. The lowest BCUT2D eigenvalue weighted by Crippen LogP contribution is -2.29. The van der Waals surface area contributed by atoms with Gasteiger partial charge in [0.1, 0.15) is 11.5 Å². The first-order valence-electron chi connectivity index (χ1n) is 11.3. The molecule has 1 aliphatic rings. The Morgan fingerprint density at radius 2 is 1.81 bits per heavy atom. The van der Waals surface area contributed by atoms with Crippen molar-refractivity contribution in [2.45, 2.75) is 26.8 Å². The first-order valence-corrected chi connectivity index (χ1v) is 12.5. The summed E-state index contributed by atoms with van der Waals surface area (Å²) in [5.74, 6) is -1.57. The minimum absolute atomic E-state index is 0.0437. The zero-order chi connectivity index (χ0) is 25.7. The van der Waals surface area contributed by atoms with Gasteiger partial charge in [-0.05, 0) is 67.8 Å². The SMILES string of the molecule is COc1ccc(Cl)cc1/C(O)=C1\C(=O)C(=O)N(c2nc3cc(C)c(C)cc3s2)C1c1cccc(C)c1. The molecule has 1 fully saturated rings. The van der Waals surface area contributed by atoms with Crippen LogP contribution in [0.15, 0.2) is 60.2 Å². The number of rotatable bonds is 4.